The van der Waals surface area contributed by atoms with Crippen LogP contribution in [0.4, 0.5) is 11.8 Å². The molecule has 0 saturated heterocycles. The van der Waals surface area contributed by atoms with Gasteiger partial charge in [0.05, 0.1) is 17.2 Å². The second-order valence-corrected chi connectivity index (χ2v) is 3.71. The van der Waals surface area contributed by atoms with Gasteiger partial charge in [-0.15, -0.1) is 0 Å². The maximum atomic E-state index is 9.15. The van der Waals surface area contributed by atoms with Crippen LogP contribution >= 0.6 is 15.9 Å². The SMILES string of the molecule is CNc1ncc(Br)c(NCC(O)CO)n1. The minimum Gasteiger partial charge on any atom is -0.394 e. The van der Waals surface area contributed by atoms with Crippen molar-refractivity contribution in [2.75, 3.05) is 30.8 Å². The first kappa shape index (κ1) is 12.2. The van der Waals surface area contributed by atoms with Gasteiger partial charge in [-0.2, -0.15) is 4.98 Å². The molecule has 0 fully saturated rings. The fourth-order valence-corrected chi connectivity index (χ4v) is 1.22. The van der Waals surface area contributed by atoms with Gasteiger partial charge in [-0.1, -0.05) is 0 Å². The lowest BCUT2D eigenvalue weighted by molar-refractivity contribution is 0.105. The second kappa shape index (κ2) is 5.84. The van der Waals surface area contributed by atoms with Crippen molar-refractivity contribution in [1.29, 1.82) is 0 Å². The van der Waals surface area contributed by atoms with E-state index < -0.39 is 6.10 Å². The van der Waals surface area contributed by atoms with Gasteiger partial charge in [-0.05, 0) is 15.9 Å². The summed E-state index contributed by atoms with van der Waals surface area (Å²) in [5, 5.41) is 23.5. The van der Waals surface area contributed by atoms with Gasteiger partial charge in [0.15, 0.2) is 0 Å². The molecule has 0 aromatic carbocycles. The van der Waals surface area contributed by atoms with Crippen molar-refractivity contribution in [2.45, 2.75) is 6.10 Å². The van der Waals surface area contributed by atoms with E-state index in [1.54, 1.807) is 13.2 Å². The molecule has 0 saturated carbocycles. The zero-order valence-corrected chi connectivity index (χ0v) is 9.82. The van der Waals surface area contributed by atoms with Crippen molar-refractivity contribution in [3.63, 3.8) is 0 Å². The molecule has 1 heterocycles. The highest BCUT2D eigenvalue weighted by Crippen LogP contribution is 2.19. The van der Waals surface area contributed by atoms with E-state index in [1.165, 1.54) is 0 Å². The summed E-state index contributed by atoms with van der Waals surface area (Å²) in [6.07, 6.45) is 0.803. The number of hydrogen-bond acceptors (Lipinski definition) is 6. The van der Waals surface area contributed by atoms with Crippen LogP contribution in [0.1, 0.15) is 0 Å². The highest BCUT2D eigenvalue weighted by Gasteiger charge is 2.06. The average molecular weight is 277 g/mol. The van der Waals surface area contributed by atoms with Gasteiger partial charge in [0.25, 0.3) is 0 Å². The van der Waals surface area contributed by atoms with E-state index in [0.29, 0.717) is 16.2 Å². The molecule has 1 unspecified atom stereocenters. The lowest BCUT2D eigenvalue weighted by Gasteiger charge is -2.11. The molecule has 0 amide bonds. The molecule has 0 aliphatic heterocycles. The molecule has 84 valence electrons. The Balaban J connectivity index is 2.66. The summed E-state index contributed by atoms with van der Waals surface area (Å²) in [4.78, 5) is 8.11. The van der Waals surface area contributed by atoms with Crippen LogP contribution in [0.5, 0.6) is 0 Å². The van der Waals surface area contributed by atoms with Gasteiger partial charge in [0, 0.05) is 19.8 Å². The van der Waals surface area contributed by atoms with Crippen LogP contribution in [0.25, 0.3) is 0 Å². The van der Waals surface area contributed by atoms with Crippen molar-refractivity contribution < 1.29 is 10.2 Å². The monoisotopic (exact) mass is 276 g/mol. The molecule has 7 heteroatoms. The maximum absolute atomic E-state index is 9.15. The number of aliphatic hydroxyl groups is 2. The summed E-state index contributed by atoms with van der Waals surface area (Å²) < 4.78 is 0.701. The smallest absolute Gasteiger partial charge is 0.224 e. The summed E-state index contributed by atoms with van der Waals surface area (Å²) in [5.74, 6) is 1.06. The van der Waals surface area contributed by atoms with Gasteiger partial charge in [0.1, 0.15) is 5.82 Å². The third-order valence-corrected chi connectivity index (χ3v) is 2.26. The number of nitrogens with zero attached hydrogens (tertiary/aromatic N) is 2. The van der Waals surface area contributed by atoms with E-state index in [1.807, 2.05) is 0 Å². The van der Waals surface area contributed by atoms with Gasteiger partial charge in [-0.25, -0.2) is 4.98 Å². The van der Waals surface area contributed by atoms with Crippen molar-refractivity contribution >= 4 is 27.7 Å². The van der Waals surface area contributed by atoms with Crippen LogP contribution in [-0.4, -0.2) is 46.5 Å². The fraction of sp³-hybridized carbons (Fsp3) is 0.500. The zero-order valence-electron chi connectivity index (χ0n) is 8.24. The van der Waals surface area contributed by atoms with E-state index in [9.17, 15) is 0 Å². The highest BCUT2D eigenvalue weighted by atomic mass is 79.9. The van der Waals surface area contributed by atoms with Crippen molar-refractivity contribution in [3.05, 3.63) is 10.7 Å². The summed E-state index contributed by atoms with van der Waals surface area (Å²) in [6, 6.07) is 0. The molecule has 6 nitrogen and oxygen atoms in total. The predicted molar refractivity (Wildman–Crippen MR) is 60.9 cm³/mol. The van der Waals surface area contributed by atoms with Crippen LogP contribution in [0, 0.1) is 0 Å². The molecule has 1 atom stereocenters. The molecule has 0 aliphatic carbocycles. The molecule has 15 heavy (non-hydrogen) atoms. The third kappa shape index (κ3) is 3.61. The minimum absolute atomic E-state index is 0.231. The molecule has 4 N–H and O–H groups in total. The maximum Gasteiger partial charge on any atom is 0.224 e. The lowest BCUT2D eigenvalue weighted by atomic mass is 10.4. The van der Waals surface area contributed by atoms with Gasteiger partial charge >= 0.3 is 0 Å². The summed E-state index contributed by atoms with van der Waals surface area (Å²) >= 11 is 3.27. The molecule has 1 aromatic rings. The Morgan fingerprint density at radius 2 is 2.33 bits per heavy atom. The standard InChI is InChI=1S/C8H13BrN4O2/c1-10-8-12-3-6(9)7(13-8)11-2-5(15)4-14/h3,5,14-15H,2,4H2,1H3,(H2,10,11,12,13). The largest absolute Gasteiger partial charge is 0.394 e. The summed E-state index contributed by atoms with van der Waals surface area (Å²) in [6.45, 7) is -0.0517. The zero-order chi connectivity index (χ0) is 11.3. The molecule has 0 radical (unpaired) electrons. The molecule has 0 aliphatic rings. The van der Waals surface area contributed by atoms with Crippen molar-refractivity contribution in [3.8, 4) is 0 Å². The van der Waals surface area contributed by atoms with Gasteiger partial charge in [0.2, 0.25) is 5.95 Å². The quantitative estimate of drug-likeness (QED) is 0.608. The highest BCUT2D eigenvalue weighted by molar-refractivity contribution is 9.10. The topological polar surface area (TPSA) is 90.3 Å². The Kier molecular flexibility index (Phi) is 4.73. The lowest BCUT2D eigenvalue weighted by Crippen LogP contribution is -2.23. The second-order valence-electron chi connectivity index (χ2n) is 2.86. The Hall–Kier alpha value is -0.920. The van der Waals surface area contributed by atoms with Gasteiger partial charge in [-0.3, -0.25) is 0 Å². The Morgan fingerprint density at radius 3 is 2.93 bits per heavy atom. The minimum atomic E-state index is -0.801. The van der Waals surface area contributed by atoms with E-state index in [4.69, 9.17) is 10.2 Å². The number of halogens is 1. The Morgan fingerprint density at radius 1 is 1.60 bits per heavy atom. The van der Waals surface area contributed by atoms with E-state index in [-0.39, 0.29) is 13.2 Å². The first-order valence-corrected chi connectivity index (χ1v) is 5.19. The van der Waals surface area contributed by atoms with Gasteiger partial charge < -0.3 is 20.8 Å². The predicted octanol–water partition coefficient (Wildman–Crippen LogP) is 0.0459. The van der Waals surface area contributed by atoms with Crippen LogP contribution in [0.3, 0.4) is 0 Å². The molecule has 0 spiro atoms. The average Bonchev–Trinajstić information content (AvgIpc) is 2.27. The van der Waals surface area contributed by atoms with Crippen LogP contribution in [0.15, 0.2) is 10.7 Å². The third-order valence-electron chi connectivity index (χ3n) is 1.68. The first-order chi connectivity index (χ1) is 7.17. The summed E-state index contributed by atoms with van der Waals surface area (Å²) in [5.41, 5.74) is 0. The van der Waals surface area contributed by atoms with Crippen LogP contribution in [0.2, 0.25) is 0 Å². The van der Waals surface area contributed by atoms with Crippen molar-refractivity contribution in [1.82, 2.24) is 9.97 Å². The molecule has 1 aromatic heterocycles. The number of nitrogens with one attached hydrogen (secondary N) is 2. The van der Waals surface area contributed by atoms with Crippen LogP contribution in [-0.2, 0) is 0 Å². The van der Waals surface area contributed by atoms with E-state index >= 15 is 0 Å². The van der Waals surface area contributed by atoms with E-state index in [2.05, 4.69) is 36.5 Å². The molecule has 0 bridgehead atoms. The number of rotatable bonds is 5. The number of anilines is 2. The molecular formula is C8H13BrN4O2. The first-order valence-electron chi connectivity index (χ1n) is 4.40. The van der Waals surface area contributed by atoms with E-state index in [0.717, 1.165) is 0 Å². The normalized spacial score (nSPS) is 12.3. The Labute approximate surface area is 95.9 Å². The summed E-state index contributed by atoms with van der Waals surface area (Å²) in [7, 11) is 1.72. The Bertz CT molecular complexity index is 324. The fourth-order valence-electron chi connectivity index (χ4n) is 0.891. The van der Waals surface area contributed by atoms with Crippen molar-refractivity contribution in [2.24, 2.45) is 0 Å². The molecular weight excluding hydrogens is 264 g/mol. The molecule has 1 rings (SSSR count). The van der Waals surface area contributed by atoms with Crippen LogP contribution < -0.4 is 10.6 Å². The number of aromatic nitrogens is 2. The number of aliphatic hydroxyl groups excluding tert-OH is 2. The number of hydrogen-bond donors (Lipinski definition) is 4.